The van der Waals surface area contributed by atoms with E-state index in [1.54, 1.807) is 0 Å². The second kappa shape index (κ2) is 9.86. The van der Waals surface area contributed by atoms with E-state index in [0.717, 1.165) is 0 Å². The molecule has 188 valence electrons. The third kappa shape index (κ3) is 10.4. The van der Waals surface area contributed by atoms with Crippen molar-refractivity contribution < 1.29 is 77.9 Å². The van der Waals surface area contributed by atoms with Gasteiger partial charge in [0.1, 0.15) is 11.5 Å². The Balaban J connectivity index is 4.68. The maximum atomic E-state index is 13.0. The highest BCUT2D eigenvalue weighted by Crippen LogP contribution is 2.37. The van der Waals surface area contributed by atoms with Crippen LogP contribution in [0, 0.1) is 0 Å². The first-order valence-electron chi connectivity index (χ1n) is 7.34. The predicted octanol–water partition coefficient (Wildman–Crippen LogP) is 3.14. The molecule has 0 bridgehead atoms. The first-order valence-corrected chi connectivity index (χ1v) is 10.5. The fourth-order valence-corrected chi connectivity index (χ4v) is 3.76. The summed E-state index contributed by atoms with van der Waals surface area (Å²) in [6.45, 7) is -2.55. The summed E-state index contributed by atoms with van der Waals surface area (Å²) in [5, 5.41) is 0. The second-order valence-electron chi connectivity index (χ2n) is 5.73. The average Bonchev–Trinajstić information content (AvgIpc) is 2.48. The monoisotopic (exact) mass is 532 g/mol. The van der Waals surface area contributed by atoms with Gasteiger partial charge in [0.25, 0.3) is 32.6 Å². The van der Waals surface area contributed by atoms with Crippen molar-refractivity contribution in [3.63, 3.8) is 0 Å². The number of rotatable bonds is 12. The molecule has 0 aromatic rings. The minimum atomic E-state index is -6.10. The first kappa shape index (κ1) is 30.0. The Labute approximate surface area is 166 Å². The molecular weight excluding hydrogens is 520 g/mol. The van der Waals surface area contributed by atoms with Crippen LogP contribution in [0.4, 0.5) is 52.7 Å². The fraction of sp³-hybridized carbons (Fsp3) is 1.00. The molecule has 0 radical (unpaired) electrons. The molecule has 0 heterocycles. The molecule has 20 heteroatoms. The lowest BCUT2D eigenvalue weighted by atomic mass is 10.2. The van der Waals surface area contributed by atoms with Crippen LogP contribution < -0.4 is 0 Å². The van der Waals surface area contributed by atoms with Gasteiger partial charge in [-0.15, -0.1) is 0 Å². The lowest BCUT2D eigenvalue weighted by molar-refractivity contribution is -0.238. The molecule has 0 fully saturated rings. The highest BCUT2D eigenvalue weighted by molar-refractivity contribution is 7.87. The Morgan fingerprint density at radius 1 is 0.581 bits per heavy atom. The maximum absolute atomic E-state index is 13.0. The van der Waals surface area contributed by atoms with Crippen LogP contribution in [-0.2, 0) is 28.6 Å². The van der Waals surface area contributed by atoms with Gasteiger partial charge in [0.05, 0.1) is 13.2 Å². The zero-order valence-corrected chi connectivity index (χ0v) is 16.1. The third-order valence-electron chi connectivity index (χ3n) is 2.87. The van der Waals surface area contributed by atoms with Gasteiger partial charge in [-0.2, -0.15) is 43.2 Å². The average molecular weight is 532 g/mol. The molecule has 2 atom stereocenters. The summed E-state index contributed by atoms with van der Waals surface area (Å²) in [6, 6.07) is 0. The molecule has 0 aliphatic rings. The summed E-state index contributed by atoms with van der Waals surface area (Å²) >= 11 is 0. The van der Waals surface area contributed by atoms with Crippen molar-refractivity contribution in [1.82, 2.24) is 0 Å². The summed E-state index contributed by atoms with van der Waals surface area (Å²) in [7, 11) is -11.0. The molecule has 0 saturated carbocycles. The highest BCUT2D eigenvalue weighted by Gasteiger charge is 2.59. The minimum Gasteiger partial charge on any atom is -0.270 e. The molecule has 31 heavy (non-hydrogen) atoms. The number of halogens is 12. The summed E-state index contributed by atoms with van der Waals surface area (Å²) in [4.78, 5) is 0. The topological polar surface area (TPSA) is 86.7 Å². The number of hydrogen-bond acceptors (Lipinski definition) is 6. The van der Waals surface area contributed by atoms with Gasteiger partial charge in [-0.25, -0.2) is 26.3 Å². The van der Waals surface area contributed by atoms with Crippen LogP contribution in [0.25, 0.3) is 0 Å². The van der Waals surface area contributed by atoms with Crippen molar-refractivity contribution >= 4 is 20.2 Å². The largest absolute Gasteiger partial charge is 0.425 e. The Morgan fingerprint density at radius 3 is 1.06 bits per heavy atom. The van der Waals surface area contributed by atoms with Gasteiger partial charge in [0, 0.05) is 0 Å². The van der Waals surface area contributed by atoms with Crippen molar-refractivity contribution in [3.8, 4) is 0 Å². The molecule has 0 rings (SSSR count). The molecule has 0 aromatic heterocycles. The Bertz CT molecular complexity index is 723. The Hall–Kier alpha value is -1.02. The molecule has 0 spiro atoms. The van der Waals surface area contributed by atoms with Gasteiger partial charge >= 0.3 is 24.2 Å². The molecule has 6 nitrogen and oxygen atoms in total. The Kier molecular flexibility index (Phi) is 9.53. The lowest BCUT2D eigenvalue weighted by Gasteiger charge is -2.22. The van der Waals surface area contributed by atoms with Crippen LogP contribution in [0.1, 0.15) is 6.42 Å². The normalized spacial score (nSPS) is 16.9. The maximum Gasteiger partial charge on any atom is 0.425 e. The van der Waals surface area contributed by atoms with Gasteiger partial charge in [-0.3, -0.25) is 8.37 Å². The van der Waals surface area contributed by atoms with Crippen molar-refractivity contribution in [2.75, 3.05) is 24.7 Å². The smallest absolute Gasteiger partial charge is 0.270 e. The zero-order valence-electron chi connectivity index (χ0n) is 14.5. The molecule has 0 aliphatic heterocycles. The van der Waals surface area contributed by atoms with Gasteiger partial charge < -0.3 is 0 Å². The third-order valence-corrected chi connectivity index (χ3v) is 5.40. The van der Waals surface area contributed by atoms with Crippen LogP contribution in [0.3, 0.4) is 0 Å². The molecule has 0 aromatic carbocycles. The number of alkyl halides is 12. The molecule has 0 N–H and O–H groups in total. The van der Waals surface area contributed by atoms with Gasteiger partial charge in [0.15, 0.2) is 0 Å². The van der Waals surface area contributed by atoms with Gasteiger partial charge in [-0.05, 0) is 6.42 Å². The molecular formula is C11H12F12O6S2. The van der Waals surface area contributed by atoms with E-state index in [2.05, 4.69) is 8.37 Å². The standard InChI is InChI=1S/C11H12F12O6S2/c12-6(10(18,19)20)8(14,15)4-30(24,25)28-2-1-3-29-31(26,27)5-9(16,17)7(13)11(21,22)23/h6-7H,1-5H2. The second-order valence-corrected chi connectivity index (χ2v) is 9.01. The van der Waals surface area contributed by atoms with Crippen LogP contribution in [-0.4, -0.2) is 78.1 Å². The van der Waals surface area contributed by atoms with Crippen LogP contribution in [0.2, 0.25) is 0 Å². The lowest BCUT2D eigenvalue weighted by Crippen LogP contribution is -2.46. The predicted molar refractivity (Wildman–Crippen MR) is 75.9 cm³/mol. The summed E-state index contributed by atoms with van der Waals surface area (Å²) in [6.07, 6.45) is -22.9. The van der Waals surface area contributed by atoms with Crippen LogP contribution in [0.15, 0.2) is 0 Å². The molecule has 0 aliphatic carbocycles. The summed E-state index contributed by atoms with van der Waals surface area (Å²) in [5.74, 6) is -16.4. The van der Waals surface area contributed by atoms with E-state index >= 15 is 0 Å². The molecule has 0 saturated heterocycles. The van der Waals surface area contributed by atoms with Crippen molar-refractivity contribution in [2.45, 2.75) is 43.0 Å². The quantitative estimate of drug-likeness (QED) is 0.218. The van der Waals surface area contributed by atoms with Gasteiger partial charge in [0.2, 0.25) is 0 Å². The zero-order chi connectivity index (χ0) is 25.1. The van der Waals surface area contributed by atoms with E-state index in [4.69, 9.17) is 0 Å². The van der Waals surface area contributed by atoms with E-state index in [1.165, 1.54) is 0 Å². The van der Waals surface area contributed by atoms with E-state index in [1.807, 2.05) is 0 Å². The molecule has 0 amide bonds. The van der Waals surface area contributed by atoms with Crippen LogP contribution >= 0.6 is 0 Å². The summed E-state index contributed by atoms with van der Waals surface area (Å²) in [5.41, 5.74) is 0. The molecule has 2 unspecified atom stereocenters. The number of hydrogen-bond donors (Lipinski definition) is 0. The fourth-order valence-electron chi connectivity index (χ4n) is 1.61. The van der Waals surface area contributed by atoms with E-state index in [9.17, 15) is 69.5 Å². The minimum absolute atomic E-state index is 0.938. The van der Waals surface area contributed by atoms with Gasteiger partial charge in [-0.1, -0.05) is 0 Å². The van der Waals surface area contributed by atoms with Crippen molar-refractivity contribution in [2.24, 2.45) is 0 Å². The van der Waals surface area contributed by atoms with E-state index < -0.39 is 87.9 Å². The van der Waals surface area contributed by atoms with Crippen molar-refractivity contribution in [1.29, 1.82) is 0 Å². The van der Waals surface area contributed by atoms with Crippen molar-refractivity contribution in [3.05, 3.63) is 0 Å². The first-order chi connectivity index (χ1) is 13.4. The van der Waals surface area contributed by atoms with E-state index in [-0.39, 0.29) is 0 Å². The highest BCUT2D eigenvalue weighted by atomic mass is 32.2. The Morgan fingerprint density at radius 2 is 0.839 bits per heavy atom. The summed E-state index contributed by atoms with van der Waals surface area (Å²) < 4.78 is 201. The van der Waals surface area contributed by atoms with Crippen LogP contribution in [0.5, 0.6) is 0 Å². The SMILES string of the molecule is O=S(=O)(CC(F)(F)C(F)C(F)(F)F)OCCCOS(=O)(=O)CC(F)(F)C(F)C(F)(F)F. The van der Waals surface area contributed by atoms with E-state index in [0.29, 0.717) is 0 Å².